The summed E-state index contributed by atoms with van der Waals surface area (Å²) in [5.41, 5.74) is 1.83. The fourth-order valence-electron chi connectivity index (χ4n) is 3.22. The van der Waals surface area contributed by atoms with Gasteiger partial charge in [-0.25, -0.2) is 0 Å². The molecule has 0 spiro atoms. The number of hydrogen-bond donors (Lipinski definition) is 1. The van der Waals surface area contributed by atoms with E-state index in [1.54, 1.807) is 24.1 Å². The SMILES string of the molecule is Cc1cccc(Oc2ccc(NC(=O)CN(C)CC(=O)N3CCCC3)cc2)c1. The number of aryl methyl sites for hydroxylation is 1. The van der Waals surface area contributed by atoms with Gasteiger partial charge in [-0.2, -0.15) is 0 Å². The van der Waals surface area contributed by atoms with E-state index in [1.807, 2.05) is 48.2 Å². The van der Waals surface area contributed by atoms with Crippen LogP contribution < -0.4 is 10.1 Å². The van der Waals surface area contributed by atoms with E-state index < -0.39 is 0 Å². The van der Waals surface area contributed by atoms with Crippen LogP contribution in [0.4, 0.5) is 5.69 Å². The Morgan fingerprint density at radius 3 is 2.43 bits per heavy atom. The van der Waals surface area contributed by atoms with Gasteiger partial charge in [0, 0.05) is 18.8 Å². The van der Waals surface area contributed by atoms with Gasteiger partial charge >= 0.3 is 0 Å². The number of amides is 2. The van der Waals surface area contributed by atoms with Crippen LogP contribution in [0.25, 0.3) is 0 Å². The maximum absolute atomic E-state index is 12.2. The van der Waals surface area contributed by atoms with E-state index in [0.717, 1.165) is 37.2 Å². The summed E-state index contributed by atoms with van der Waals surface area (Å²) in [7, 11) is 1.78. The number of carbonyl (C=O) groups is 2. The third-order valence-electron chi connectivity index (χ3n) is 4.64. The van der Waals surface area contributed by atoms with E-state index >= 15 is 0 Å². The summed E-state index contributed by atoms with van der Waals surface area (Å²) in [5.74, 6) is 1.42. The molecule has 1 saturated heterocycles. The van der Waals surface area contributed by atoms with Crippen LogP contribution in [0.5, 0.6) is 11.5 Å². The second kappa shape index (κ2) is 9.37. The Labute approximate surface area is 166 Å². The molecule has 3 rings (SSSR count). The van der Waals surface area contributed by atoms with Gasteiger partial charge in [0.05, 0.1) is 13.1 Å². The van der Waals surface area contributed by atoms with Crippen molar-refractivity contribution in [3.05, 3.63) is 54.1 Å². The molecule has 6 nitrogen and oxygen atoms in total. The van der Waals surface area contributed by atoms with Crippen LogP contribution in [0.15, 0.2) is 48.5 Å². The van der Waals surface area contributed by atoms with Gasteiger partial charge in [-0.05, 0) is 68.8 Å². The molecule has 2 aromatic rings. The largest absolute Gasteiger partial charge is 0.457 e. The fourth-order valence-corrected chi connectivity index (χ4v) is 3.22. The lowest BCUT2D eigenvalue weighted by Crippen LogP contribution is -2.40. The zero-order valence-electron chi connectivity index (χ0n) is 16.5. The third-order valence-corrected chi connectivity index (χ3v) is 4.64. The minimum Gasteiger partial charge on any atom is -0.457 e. The molecule has 1 fully saturated rings. The standard InChI is InChI=1S/C22H27N3O3/c1-17-6-5-7-20(14-17)28-19-10-8-18(9-11-19)23-21(26)15-24(2)16-22(27)25-12-3-4-13-25/h5-11,14H,3-4,12-13,15-16H2,1-2H3,(H,23,26). The predicted octanol–water partition coefficient (Wildman–Crippen LogP) is 3.28. The van der Waals surface area contributed by atoms with Crippen LogP contribution in [-0.4, -0.2) is 54.8 Å². The predicted molar refractivity (Wildman–Crippen MR) is 110 cm³/mol. The zero-order chi connectivity index (χ0) is 19.9. The van der Waals surface area contributed by atoms with Crippen molar-refractivity contribution in [3.8, 4) is 11.5 Å². The average Bonchev–Trinajstić information content (AvgIpc) is 3.18. The number of anilines is 1. The second-order valence-corrected chi connectivity index (χ2v) is 7.25. The van der Waals surface area contributed by atoms with Crippen molar-refractivity contribution >= 4 is 17.5 Å². The van der Waals surface area contributed by atoms with Crippen molar-refractivity contribution < 1.29 is 14.3 Å². The van der Waals surface area contributed by atoms with Crippen LogP contribution in [0.3, 0.4) is 0 Å². The van der Waals surface area contributed by atoms with Crippen molar-refractivity contribution in [3.63, 3.8) is 0 Å². The highest BCUT2D eigenvalue weighted by Crippen LogP contribution is 2.23. The molecule has 2 amide bonds. The maximum Gasteiger partial charge on any atom is 0.238 e. The van der Waals surface area contributed by atoms with Crippen molar-refractivity contribution in [2.45, 2.75) is 19.8 Å². The number of ether oxygens (including phenoxy) is 1. The number of nitrogens with one attached hydrogen (secondary N) is 1. The highest BCUT2D eigenvalue weighted by atomic mass is 16.5. The van der Waals surface area contributed by atoms with E-state index in [9.17, 15) is 9.59 Å². The van der Waals surface area contributed by atoms with Gasteiger partial charge in [-0.1, -0.05) is 12.1 Å². The van der Waals surface area contributed by atoms with Gasteiger partial charge in [0.2, 0.25) is 11.8 Å². The first-order chi connectivity index (χ1) is 13.5. The van der Waals surface area contributed by atoms with Crippen molar-refractivity contribution in [2.75, 3.05) is 38.5 Å². The molecule has 0 radical (unpaired) electrons. The highest BCUT2D eigenvalue weighted by molar-refractivity contribution is 5.92. The van der Waals surface area contributed by atoms with E-state index in [2.05, 4.69) is 5.32 Å². The number of rotatable bonds is 7. The molecule has 1 aliphatic rings. The van der Waals surface area contributed by atoms with E-state index in [1.165, 1.54) is 0 Å². The lowest BCUT2D eigenvalue weighted by molar-refractivity contribution is -0.131. The summed E-state index contributed by atoms with van der Waals surface area (Å²) in [6.45, 7) is 4.10. The Morgan fingerprint density at radius 2 is 1.75 bits per heavy atom. The molecule has 28 heavy (non-hydrogen) atoms. The first-order valence-corrected chi connectivity index (χ1v) is 9.60. The van der Waals surface area contributed by atoms with Crippen LogP contribution in [0.1, 0.15) is 18.4 Å². The Morgan fingerprint density at radius 1 is 1.04 bits per heavy atom. The second-order valence-electron chi connectivity index (χ2n) is 7.25. The molecule has 1 heterocycles. The Bertz CT molecular complexity index is 814. The summed E-state index contributed by atoms with van der Waals surface area (Å²) in [6, 6.07) is 15.1. The molecule has 0 bridgehead atoms. The molecule has 2 aromatic carbocycles. The minimum atomic E-state index is -0.149. The smallest absolute Gasteiger partial charge is 0.238 e. The molecule has 0 aliphatic carbocycles. The quantitative estimate of drug-likeness (QED) is 0.800. The highest BCUT2D eigenvalue weighted by Gasteiger charge is 2.19. The lowest BCUT2D eigenvalue weighted by Gasteiger charge is -2.20. The first kappa shape index (κ1) is 19.9. The van der Waals surface area contributed by atoms with Crippen LogP contribution in [-0.2, 0) is 9.59 Å². The average molecular weight is 381 g/mol. The molecule has 148 valence electrons. The number of nitrogens with zero attached hydrogens (tertiary/aromatic N) is 2. The van der Waals surface area contributed by atoms with Crippen LogP contribution >= 0.6 is 0 Å². The molecule has 0 unspecified atom stereocenters. The summed E-state index contributed by atoms with van der Waals surface area (Å²) in [6.07, 6.45) is 2.14. The Hall–Kier alpha value is -2.86. The summed E-state index contributed by atoms with van der Waals surface area (Å²) in [5, 5.41) is 2.85. The van der Waals surface area contributed by atoms with E-state index in [4.69, 9.17) is 4.74 Å². The van der Waals surface area contributed by atoms with Gasteiger partial charge < -0.3 is 15.0 Å². The van der Waals surface area contributed by atoms with E-state index in [0.29, 0.717) is 11.4 Å². The summed E-state index contributed by atoms with van der Waals surface area (Å²) >= 11 is 0. The van der Waals surface area contributed by atoms with Crippen molar-refractivity contribution in [1.29, 1.82) is 0 Å². The van der Waals surface area contributed by atoms with Crippen molar-refractivity contribution in [1.82, 2.24) is 9.80 Å². The molecule has 0 atom stereocenters. The van der Waals surface area contributed by atoms with Gasteiger partial charge in [0.25, 0.3) is 0 Å². The molecule has 6 heteroatoms. The van der Waals surface area contributed by atoms with Crippen LogP contribution in [0.2, 0.25) is 0 Å². The Balaban J connectivity index is 1.46. The third kappa shape index (κ3) is 5.82. The molecule has 0 saturated carbocycles. The number of likely N-dealkylation sites (tertiary alicyclic amines) is 1. The number of carbonyl (C=O) groups excluding carboxylic acids is 2. The van der Waals surface area contributed by atoms with Crippen molar-refractivity contribution in [2.24, 2.45) is 0 Å². The zero-order valence-corrected chi connectivity index (χ0v) is 16.5. The van der Waals surface area contributed by atoms with E-state index in [-0.39, 0.29) is 24.9 Å². The molecule has 0 aromatic heterocycles. The molecule has 1 aliphatic heterocycles. The lowest BCUT2D eigenvalue weighted by atomic mass is 10.2. The summed E-state index contributed by atoms with van der Waals surface area (Å²) in [4.78, 5) is 28.0. The van der Waals surface area contributed by atoms with Gasteiger partial charge in [-0.15, -0.1) is 0 Å². The summed E-state index contributed by atoms with van der Waals surface area (Å²) < 4.78 is 5.81. The van der Waals surface area contributed by atoms with Crippen LogP contribution in [0, 0.1) is 6.92 Å². The molecule has 1 N–H and O–H groups in total. The number of likely N-dealkylation sites (N-methyl/N-ethyl adjacent to an activating group) is 1. The normalized spacial score (nSPS) is 13.6. The maximum atomic E-state index is 12.2. The molecular weight excluding hydrogens is 354 g/mol. The fraction of sp³-hybridized carbons (Fsp3) is 0.364. The number of benzene rings is 2. The Kier molecular flexibility index (Phi) is 6.66. The van der Waals surface area contributed by atoms with Gasteiger partial charge in [-0.3, -0.25) is 14.5 Å². The molecular formula is C22H27N3O3. The minimum absolute atomic E-state index is 0.0884. The van der Waals surface area contributed by atoms with Gasteiger partial charge in [0.1, 0.15) is 11.5 Å². The topological polar surface area (TPSA) is 61.9 Å². The first-order valence-electron chi connectivity index (χ1n) is 9.60. The number of hydrogen-bond acceptors (Lipinski definition) is 4. The van der Waals surface area contributed by atoms with Gasteiger partial charge in [0.15, 0.2) is 0 Å². The monoisotopic (exact) mass is 381 g/mol.